The van der Waals surface area contributed by atoms with Crippen LogP contribution < -0.4 is 5.32 Å². The summed E-state index contributed by atoms with van der Waals surface area (Å²) in [6.45, 7) is 6.40. The average molecular weight is 314 g/mol. The van der Waals surface area contributed by atoms with Crippen molar-refractivity contribution in [1.82, 2.24) is 5.32 Å². The van der Waals surface area contributed by atoms with Crippen molar-refractivity contribution in [3.8, 4) is 0 Å². The van der Waals surface area contributed by atoms with Gasteiger partial charge in [0, 0.05) is 5.54 Å². The van der Waals surface area contributed by atoms with Gasteiger partial charge in [-0.2, -0.15) is 0 Å². The Bertz CT molecular complexity index is 166. The number of halogens is 1. The summed E-state index contributed by atoms with van der Waals surface area (Å²) in [7, 11) is 1.97. The molecule has 0 aromatic carbocycles. The molecule has 0 spiro atoms. The molecule has 0 bridgehead atoms. The van der Waals surface area contributed by atoms with Crippen molar-refractivity contribution in [1.29, 1.82) is 0 Å². The molecule has 2 nitrogen and oxygen atoms in total. The summed E-state index contributed by atoms with van der Waals surface area (Å²) in [5.41, 5.74) is 0.0891. The van der Waals surface area contributed by atoms with Crippen LogP contribution in [0.1, 0.15) is 33.6 Å². The van der Waals surface area contributed by atoms with E-state index in [4.69, 9.17) is 0 Å². The molecule has 0 aliphatic heterocycles. The molecule has 0 aliphatic rings. The molecule has 0 heterocycles. The third-order valence-electron chi connectivity index (χ3n) is 2.81. The molecule has 0 fully saturated rings. The van der Waals surface area contributed by atoms with Crippen LogP contribution in [0.2, 0.25) is 0 Å². The highest BCUT2D eigenvalue weighted by Crippen LogP contribution is 2.21. The molecule has 0 saturated carbocycles. The van der Waals surface area contributed by atoms with Crippen molar-refractivity contribution >= 4 is 41.4 Å². The van der Waals surface area contributed by atoms with E-state index in [1.165, 1.54) is 0 Å². The van der Waals surface area contributed by atoms with Gasteiger partial charge in [0.2, 0.25) is 0 Å². The molecule has 0 aromatic heterocycles. The lowest BCUT2D eigenvalue weighted by atomic mass is 9.86. The minimum absolute atomic E-state index is 0. The quantitative estimate of drug-likeness (QED) is 0.479. The van der Waals surface area contributed by atoms with Crippen LogP contribution in [-0.4, -0.2) is 23.8 Å². The minimum Gasteiger partial charge on any atom is -0.312 e. The lowest BCUT2D eigenvalue weighted by molar-refractivity contribution is 0.278. The number of likely N-dealkylation sites (N-methyl/N-ethyl adjacent to an activating group) is 1. The second-order valence-electron chi connectivity index (χ2n) is 3.01. The number of thiocarbonyl (C=S) groups is 1. The topological polar surface area (TPSA) is 24.4 Å². The van der Waals surface area contributed by atoms with Crippen LogP contribution in [0.25, 0.3) is 0 Å². The Hall–Kier alpha value is 0.490. The van der Waals surface area contributed by atoms with Crippen LogP contribution >= 0.6 is 36.2 Å². The predicted molar refractivity (Wildman–Crippen MR) is 72.3 cm³/mol. The van der Waals surface area contributed by atoms with Crippen LogP contribution in [-0.2, 0) is 0 Å². The highest BCUT2D eigenvalue weighted by molar-refractivity contribution is 14.0. The van der Waals surface area contributed by atoms with Gasteiger partial charge in [-0.05, 0) is 39.0 Å². The normalized spacial score (nSPS) is 12.6. The van der Waals surface area contributed by atoms with Crippen LogP contribution in [0.3, 0.4) is 0 Å². The Morgan fingerprint density at radius 3 is 2.15 bits per heavy atom. The number of hydrogen-bond donors (Lipinski definition) is 1. The number of nitrogens with zero attached hydrogens (tertiary/aromatic N) is 1. The van der Waals surface area contributed by atoms with Gasteiger partial charge in [0.05, 0.1) is 11.2 Å². The van der Waals surface area contributed by atoms with E-state index in [-0.39, 0.29) is 35.6 Å². The number of hydrogen-bond acceptors (Lipinski definition) is 3. The van der Waals surface area contributed by atoms with Gasteiger partial charge in [-0.1, -0.05) is 13.8 Å². The molecule has 0 aliphatic carbocycles. The summed E-state index contributed by atoms with van der Waals surface area (Å²) in [6, 6.07) is 0.204. The van der Waals surface area contributed by atoms with Crippen molar-refractivity contribution < 1.29 is 0 Å². The van der Waals surface area contributed by atoms with Gasteiger partial charge in [-0.25, -0.2) is 4.99 Å². The van der Waals surface area contributed by atoms with Crippen molar-refractivity contribution in [3.05, 3.63) is 0 Å². The number of aliphatic imine (C=N–C) groups is 1. The maximum atomic E-state index is 4.60. The fourth-order valence-electron chi connectivity index (χ4n) is 1.61. The van der Waals surface area contributed by atoms with E-state index in [2.05, 4.69) is 48.5 Å². The Labute approximate surface area is 104 Å². The third kappa shape index (κ3) is 4.02. The monoisotopic (exact) mass is 314 g/mol. The van der Waals surface area contributed by atoms with Crippen molar-refractivity contribution in [2.24, 2.45) is 4.99 Å². The van der Waals surface area contributed by atoms with Gasteiger partial charge in [-0.15, -0.1) is 24.0 Å². The lowest BCUT2D eigenvalue weighted by Gasteiger charge is -2.34. The van der Waals surface area contributed by atoms with E-state index in [0.29, 0.717) is 0 Å². The number of rotatable bonds is 5. The van der Waals surface area contributed by atoms with Gasteiger partial charge >= 0.3 is 0 Å². The van der Waals surface area contributed by atoms with Gasteiger partial charge in [-0.3, -0.25) is 0 Å². The van der Waals surface area contributed by atoms with Gasteiger partial charge in [0.15, 0.2) is 0 Å². The first-order valence-corrected chi connectivity index (χ1v) is 4.83. The first-order valence-electron chi connectivity index (χ1n) is 4.42. The minimum atomic E-state index is 0. The summed E-state index contributed by atoms with van der Waals surface area (Å²) in [5, 5.41) is 5.76. The molecule has 0 saturated heterocycles. The Morgan fingerprint density at radius 1 is 1.46 bits per heavy atom. The van der Waals surface area contributed by atoms with Crippen molar-refractivity contribution in [2.45, 2.75) is 45.2 Å². The van der Waals surface area contributed by atoms with E-state index in [9.17, 15) is 0 Å². The van der Waals surface area contributed by atoms with Crippen LogP contribution in [0.4, 0.5) is 0 Å². The second-order valence-corrected chi connectivity index (χ2v) is 3.19. The molecular weight excluding hydrogens is 295 g/mol. The zero-order valence-electron chi connectivity index (χ0n) is 8.76. The number of nitrogens with one attached hydrogen (secondary N) is 1. The molecule has 78 valence electrons. The summed E-state index contributed by atoms with van der Waals surface area (Å²) >= 11 is 4.60. The molecule has 4 heteroatoms. The van der Waals surface area contributed by atoms with E-state index >= 15 is 0 Å². The predicted octanol–water partition coefficient (Wildman–Crippen LogP) is 2.87. The lowest BCUT2D eigenvalue weighted by Crippen LogP contribution is -2.49. The van der Waals surface area contributed by atoms with Gasteiger partial charge in [0.1, 0.15) is 0 Å². The van der Waals surface area contributed by atoms with E-state index < -0.39 is 0 Å². The second kappa shape index (κ2) is 7.85. The zero-order chi connectivity index (χ0) is 9.61. The Balaban J connectivity index is 0. The summed E-state index contributed by atoms with van der Waals surface area (Å²) < 4.78 is 0. The smallest absolute Gasteiger partial charge is 0.0755 e. The van der Waals surface area contributed by atoms with Crippen LogP contribution in [0.15, 0.2) is 4.99 Å². The molecule has 1 atom stereocenters. The average Bonchev–Trinajstić information content (AvgIpc) is 2.09. The SMILES string of the molecule is CCC(CC)(NC)C(C)N=C=S.I. The maximum absolute atomic E-state index is 4.60. The maximum Gasteiger partial charge on any atom is 0.0755 e. The molecule has 1 N–H and O–H groups in total. The Kier molecular flexibility index (Phi) is 9.63. The fraction of sp³-hybridized carbons (Fsp3) is 0.889. The summed E-state index contributed by atoms with van der Waals surface area (Å²) in [5.74, 6) is 0. The molecule has 1 unspecified atom stereocenters. The first-order chi connectivity index (χ1) is 5.66. The van der Waals surface area contributed by atoms with Gasteiger partial charge in [0.25, 0.3) is 0 Å². The van der Waals surface area contributed by atoms with Crippen LogP contribution in [0.5, 0.6) is 0 Å². The zero-order valence-corrected chi connectivity index (χ0v) is 11.9. The fourth-order valence-corrected chi connectivity index (χ4v) is 1.76. The third-order valence-corrected chi connectivity index (χ3v) is 2.91. The summed E-state index contributed by atoms with van der Waals surface area (Å²) in [4.78, 5) is 4.11. The first kappa shape index (κ1) is 15.9. The van der Waals surface area contributed by atoms with Gasteiger partial charge < -0.3 is 5.32 Å². The standard InChI is InChI=1S/C9H18N2S.HI/c1-5-9(6-2,10-4)8(3)11-7-12;/h8,10H,5-6H2,1-4H3;1H. The molecule has 0 amide bonds. The molecule has 0 aromatic rings. The molecule has 13 heavy (non-hydrogen) atoms. The van der Waals surface area contributed by atoms with Crippen LogP contribution in [0, 0.1) is 0 Å². The highest BCUT2D eigenvalue weighted by atomic mass is 127. The van der Waals surface area contributed by atoms with E-state index in [1.807, 2.05) is 7.05 Å². The largest absolute Gasteiger partial charge is 0.312 e. The van der Waals surface area contributed by atoms with E-state index in [1.54, 1.807) is 0 Å². The molecule has 0 radical (unpaired) electrons. The van der Waals surface area contributed by atoms with Crippen molar-refractivity contribution in [2.75, 3.05) is 7.05 Å². The Morgan fingerprint density at radius 2 is 1.92 bits per heavy atom. The van der Waals surface area contributed by atoms with E-state index in [0.717, 1.165) is 12.8 Å². The molecular formula is C9H19IN2S. The highest BCUT2D eigenvalue weighted by Gasteiger charge is 2.30. The number of isothiocyanates is 1. The van der Waals surface area contributed by atoms with Crippen molar-refractivity contribution in [3.63, 3.8) is 0 Å². The molecule has 0 rings (SSSR count). The summed E-state index contributed by atoms with van der Waals surface area (Å²) in [6.07, 6.45) is 2.11.